The van der Waals surface area contributed by atoms with Crippen molar-refractivity contribution < 1.29 is 31.1 Å². The molecule has 1 amide bonds. The van der Waals surface area contributed by atoms with E-state index < -0.39 is 39.9 Å². The van der Waals surface area contributed by atoms with Gasteiger partial charge in [0.2, 0.25) is 0 Å². The molecule has 0 aromatic heterocycles. The topological polar surface area (TPSA) is 88.1 Å². The highest BCUT2D eigenvalue weighted by Crippen LogP contribution is 2.37. The SMILES string of the molecule is O=C(CN(c1cc(C(F)(F)F)ccc1Cl)S(=O)(=O)c1ccccc1)N/N=C\c1ccc(OC2CSC2)cc1. The van der Waals surface area contributed by atoms with Crippen LogP contribution in [0.1, 0.15) is 11.1 Å². The van der Waals surface area contributed by atoms with E-state index in [2.05, 4.69) is 10.5 Å². The smallest absolute Gasteiger partial charge is 0.416 e. The molecule has 0 unspecified atom stereocenters. The van der Waals surface area contributed by atoms with E-state index in [1.165, 1.54) is 30.5 Å². The molecular formula is C25H21ClF3N3O4S2. The number of carbonyl (C=O) groups excluding carboxylic acids is 1. The molecule has 0 saturated carbocycles. The minimum Gasteiger partial charge on any atom is -0.489 e. The molecule has 7 nitrogen and oxygen atoms in total. The lowest BCUT2D eigenvalue weighted by atomic mass is 10.2. The lowest BCUT2D eigenvalue weighted by molar-refractivity contribution is -0.137. The Bertz CT molecular complexity index is 1420. The normalized spacial score (nSPS) is 14.2. The van der Waals surface area contributed by atoms with E-state index in [-0.39, 0.29) is 16.0 Å². The van der Waals surface area contributed by atoms with Crippen LogP contribution in [0.5, 0.6) is 5.75 Å². The first kappa shape index (κ1) is 27.8. The summed E-state index contributed by atoms with van der Waals surface area (Å²) >= 11 is 7.92. The molecule has 3 aromatic rings. The van der Waals surface area contributed by atoms with Gasteiger partial charge in [0.15, 0.2) is 0 Å². The fourth-order valence-electron chi connectivity index (χ4n) is 3.35. The van der Waals surface area contributed by atoms with E-state index in [0.29, 0.717) is 21.7 Å². The van der Waals surface area contributed by atoms with Crippen LogP contribution in [0, 0.1) is 0 Å². The maximum Gasteiger partial charge on any atom is 0.416 e. The van der Waals surface area contributed by atoms with Crippen molar-refractivity contribution in [2.75, 3.05) is 22.4 Å². The van der Waals surface area contributed by atoms with Crippen LogP contribution in [0.15, 0.2) is 82.8 Å². The maximum absolute atomic E-state index is 13.4. The van der Waals surface area contributed by atoms with Crippen LogP contribution in [-0.2, 0) is 21.0 Å². The van der Waals surface area contributed by atoms with Crippen molar-refractivity contribution in [2.24, 2.45) is 5.10 Å². The number of alkyl halides is 3. The van der Waals surface area contributed by atoms with Gasteiger partial charge in [-0.2, -0.15) is 30.0 Å². The molecule has 4 rings (SSSR count). The van der Waals surface area contributed by atoms with E-state index >= 15 is 0 Å². The maximum atomic E-state index is 13.4. The van der Waals surface area contributed by atoms with Crippen LogP contribution >= 0.6 is 23.4 Å². The molecule has 1 fully saturated rings. The Balaban J connectivity index is 1.53. The molecule has 0 radical (unpaired) electrons. The quantitative estimate of drug-likeness (QED) is 0.276. The Hall–Kier alpha value is -3.22. The fraction of sp³-hybridized carbons (Fsp3) is 0.200. The molecule has 0 aliphatic carbocycles. The Morgan fingerprint density at radius 2 is 1.79 bits per heavy atom. The molecule has 0 spiro atoms. The number of nitrogens with zero attached hydrogens (tertiary/aromatic N) is 2. The van der Waals surface area contributed by atoms with Gasteiger partial charge in [-0.15, -0.1) is 0 Å². The molecular weight excluding hydrogens is 563 g/mol. The summed E-state index contributed by atoms with van der Waals surface area (Å²) in [4.78, 5) is 12.5. The summed E-state index contributed by atoms with van der Waals surface area (Å²) in [6, 6.07) is 16.2. The average Bonchev–Trinajstić information content (AvgIpc) is 2.86. The van der Waals surface area contributed by atoms with Crippen LogP contribution in [0.4, 0.5) is 18.9 Å². The summed E-state index contributed by atoms with van der Waals surface area (Å²) in [5.74, 6) is 1.70. The van der Waals surface area contributed by atoms with Gasteiger partial charge in [-0.25, -0.2) is 13.8 Å². The largest absolute Gasteiger partial charge is 0.489 e. The Morgan fingerprint density at radius 1 is 1.11 bits per heavy atom. The van der Waals surface area contributed by atoms with Crippen LogP contribution in [0.2, 0.25) is 5.02 Å². The number of ether oxygens (including phenoxy) is 1. The van der Waals surface area contributed by atoms with Crippen molar-refractivity contribution in [2.45, 2.75) is 17.2 Å². The number of sulfonamides is 1. The fourth-order valence-corrected chi connectivity index (χ4v) is 5.64. The molecule has 1 saturated heterocycles. The first-order chi connectivity index (χ1) is 18.0. The molecule has 0 bridgehead atoms. The van der Waals surface area contributed by atoms with Crippen molar-refractivity contribution in [3.63, 3.8) is 0 Å². The number of carbonyl (C=O) groups is 1. The number of benzene rings is 3. The van der Waals surface area contributed by atoms with Gasteiger partial charge in [0.25, 0.3) is 15.9 Å². The molecule has 13 heteroatoms. The number of halogens is 4. The van der Waals surface area contributed by atoms with Gasteiger partial charge in [-0.05, 0) is 60.2 Å². The highest BCUT2D eigenvalue weighted by atomic mass is 35.5. The average molecular weight is 584 g/mol. The number of amides is 1. The second-order valence-corrected chi connectivity index (χ2v) is 11.5. The first-order valence-corrected chi connectivity index (χ1v) is 14.1. The van der Waals surface area contributed by atoms with Crippen LogP contribution in [-0.4, -0.2) is 44.7 Å². The number of hydrogen-bond donors (Lipinski definition) is 1. The number of nitrogens with one attached hydrogen (secondary N) is 1. The highest BCUT2D eigenvalue weighted by molar-refractivity contribution is 8.00. The van der Waals surface area contributed by atoms with E-state index in [1.54, 1.807) is 42.1 Å². The Kier molecular flexibility index (Phi) is 8.54. The number of rotatable bonds is 9. The summed E-state index contributed by atoms with van der Waals surface area (Å²) in [5, 5.41) is 3.56. The Labute approximate surface area is 226 Å². The monoisotopic (exact) mass is 583 g/mol. The van der Waals surface area contributed by atoms with Crippen molar-refractivity contribution in [3.8, 4) is 5.75 Å². The minimum atomic E-state index is -4.76. The summed E-state index contributed by atoms with van der Waals surface area (Å²) in [6.07, 6.45) is -3.22. The van der Waals surface area contributed by atoms with Crippen LogP contribution < -0.4 is 14.5 Å². The van der Waals surface area contributed by atoms with Gasteiger partial charge in [0.05, 0.1) is 27.4 Å². The molecule has 1 aliphatic heterocycles. The third kappa shape index (κ3) is 6.80. The summed E-state index contributed by atoms with van der Waals surface area (Å²) in [6.45, 7) is -0.873. The zero-order valence-corrected chi connectivity index (χ0v) is 21.9. The lowest BCUT2D eigenvalue weighted by Gasteiger charge is -2.25. The summed E-state index contributed by atoms with van der Waals surface area (Å²) < 4.78 is 73.1. The van der Waals surface area contributed by atoms with Crippen LogP contribution in [0.3, 0.4) is 0 Å². The zero-order chi connectivity index (χ0) is 27.3. The van der Waals surface area contributed by atoms with Crippen molar-refractivity contribution in [1.29, 1.82) is 0 Å². The second kappa shape index (κ2) is 11.7. The lowest BCUT2D eigenvalue weighted by Crippen LogP contribution is -2.40. The summed E-state index contributed by atoms with van der Waals surface area (Å²) in [5.41, 5.74) is 1.23. The Morgan fingerprint density at radius 3 is 2.39 bits per heavy atom. The predicted molar refractivity (Wildman–Crippen MR) is 141 cm³/mol. The van der Waals surface area contributed by atoms with E-state index in [4.69, 9.17) is 16.3 Å². The van der Waals surface area contributed by atoms with Gasteiger partial charge in [-0.3, -0.25) is 9.10 Å². The van der Waals surface area contributed by atoms with Crippen LogP contribution in [0.25, 0.3) is 0 Å². The van der Waals surface area contributed by atoms with E-state index in [0.717, 1.165) is 23.6 Å². The first-order valence-electron chi connectivity index (χ1n) is 11.1. The predicted octanol–water partition coefficient (Wildman–Crippen LogP) is 5.20. The number of anilines is 1. The molecule has 1 aliphatic rings. The van der Waals surface area contributed by atoms with Gasteiger partial charge in [-0.1, -0.05) is 29.8 Å². The molecule has 0 atom stereocenters. The van der Waals surface area contributed by atoms with Gasteiger partial charge >= 0.3 is 6.18 Å². The van der Waals surface area contributed by atoms with Gasteiger partial charge in [0, 0.05) is 11.5 Å². The second-order valence-electron chi connectivity index (χ2n) is 8.13. The molecule has 38 heavy (non-hydrogen) atoms. The third-order valence-corrected chi connectivity index (χ3v) is 8.66. The van der Waals surface area contributed by atoms with Crippen molar-refractivity contribution >= 4 is 51.2 Å². The van der Waals surface area contributed by atoms with E-state index in [1.807, 2.05) is 0 Å². The van der Waals surface area contributed by atoms with Crippen molar-refractivity contribution in [3.05, 3.63) is 88.9 Å². The highest BCUT2D eigenvalue weighted by Gasteiger charge is 2.34. The minimum absolute atomic E-state index is 0.194. The molecule has 3 aromatic carbocycles. The third-order valence-electron chi connectivity index (χ3n) is 5.35. The number of hydrazone groups is 1. The molecule has 1 N–H and O–H groups in total. The number of thioether (sulfide) groups is 1. The van der Waals surface area contributed by atoms with Gasteiger partial charge < -0.3 is 4.74 Å². The zero-order valence-electron chi connectivity index (χ0n) is 19.6. The molecule has 1 heterocycles. The van der Waals surface area contributed by atoms with Crippen molar-refractivity contribution in [1.82, 2.24) is 5.43 Å². The molecule has 200 valence electrons. The van der Waals surface area contributed by atoms with E-state index in [9.17, 15) is 26.4 Å². The summed E-state index contributed by atoms with van der Waals surface area (Å²) in [7, 11) is -4.47. The number of hydrogen-bond acceptors (Lipinski definition) is 6. The standard InChI is InChI=1S/C25H21ClF3N3O4S2/c26-22-11-8-18(25(27,28)29)12-23(22)32(38(34,35)21-4-2-1-3-5-21)14-24(33)31-30-13-17-6-9-19(10-7-17)36-20-15-37-16-20/h1-13,20H,14-16H2,(H,31,33)/b30-13-. The van der Waals surface area contributed by atoms with Gasteiger partial charge in [0.1, 0.15) is 18.4 Å².